The summed E-state index contributed by atoms with van der Waals surface area (Å²) in [5.74, 6) is -0.858. The van der Waals surface area contributed by atoms with Crippen molar-refractivity contribution in [1.82, 2.24) is 34.4 Å². The van der Waals surface area contributed by atoms with Crippen LogP contribution in [0.4, 0.5) is 18.9 Å². The number of anilines is 1. The topological polar surface area (TPSA) is 117 Å². The molecule has 3 aromatic rings. The monoisotopic (exact) mass is 672 g/mol. The fourth-order valence-electron chi connectivity index (χ4n) is 7.14. The summed E-state index contributed by atoms with van der Waals surface area (Å²) in [6.07, 6.45) is 3.50. The number of carbonyl (C=O) groups excluding carboxylic acids is 3. The quantitative estimate of drug-likeness (QED) is 0.395. The number of rotatable bonds is 6. The molecule has 15 heteroatoms. The van der Waals surface area contributed by atoms with Crippen molar-refractivity contribution in [1.29, 1.82) is 0 Å². The Bertz CT molecular complexity index is 1710. The van der Waals surface area contributed by atoms with Crippen molar-refractivity contribution in [3.63, 3.8) is 0 Å². The van der Waals surface area contributed by atoms with Crippen LogP contribution in [0.2, 0.25) is 5.02 Å². The highest BCUT2D eigenvalue weighted by molar-refractivity contribution is 6.34. The number of imidazole rings is 1. The summed E-state index contributed by atoms with van der Waals surface area (Å²) in [4.78, 5) is 47.0. The number of amides is 3. The molecule has 3 amide bonds. The molecule has 0 bridgehead atoms. The number of alkyl halides is 3. The van der Waals surface area contributed by atoms with Crippen LogP contribution in [-0.4, -0.2) is 86.1 Å². The summed E-state index contributed by atoms with van der Waals surface area (Å²) in [5.41, 5.74) is -0.174. The number of piperidine rings is 1. The Kier molecular flexibility index (Phi) is 8.06. The minimum absolute atomic E-state index is 0.0243. The van der Waals surface area contributed by atoms with Crippen LogP contribution in [0.15, 0.2) is 30.6 Å². The van der Waals surface area contributed by atoms with Crippen LogP contribution < -0.4 is 10.6 Å². The number of carbonyl (C=O) groups is 3. The Balaban J connectivity index is 1.00. The fourth-order valence-corrected chi connectivity index (χ4v) is 7.40. The molecule has 11 nitrogen and oxygen atoms in total. The van der Waals surface area contributed by atoms with Crippen molar-refractivity contribution in [2.24, 2.45) is 18.4 Å². The number of nitrogens with one attached hydrogen (secondary N) is 2. The van der Waals surface area contributed by atoms with Crippen LogP contribution in [0, 0.1) is 11.3 Å². The smallest absolute Gasteiger partial charge is 0.339 e. The zero-order valence-electron chi connectivity index (χ0n) is 25.9. The van der Waals surface area contributed by atoms with Crippen molar-refractivity contribution in [2.75, 3.05) is 44.6 Å². The van der Waals surface area contributed by atoms with Crippen LogP contribution >= 0.6 is 11.6 Å². The lowest BCUT2D eigenvalue weighted by molar-refractivity contribution is -0.141. The maximum Gasteiger partial charge on any atom is 0.435 e. The van der Waals surface area contributed by atoms with Crippen molar-refractivity contribution < 1.29 is 27.6 Å². The fraction of sp³-hybridized carbons (Fsp3) is 0.531. The number of piperazine rings is 1. The lowest BCUT2D eigenvalue weighted by atomic mass is 9.77. The van der Waals surface area contributed by atoms with E-state index in [0.717, 1.165) is 51.6 Å². The highest BCUT2D eigenvalue weighted by Gasteiger charge is 2.54. The van der Waals surface area contributed by atoms with E-state index < -0.39 is 17.8 Å². The van der Waals surface area contributed by atoms with Gasteiger partial charge in [0, 0.05) is 51.0 Å². The molecule has 2 saturated heterocycles. The van der Waals surface area contributed by atoms with Crippen LogP contribution in [0.5, 0.6) is 0 Å². The second kappa shape index (κ2) is 12.0. The van der Waals surface area contributed by atoms with Gasteiger partial charge in [0.15, 0.2) is 11.5 Å². The highest BCUT2D eigenvalue weighted by Crippen LogP contribution is 2.65. The predicted octanol–water partition coefficient (Wildman–Crippen LogP) is 4.61. The van der Waals surface area contributed by atoms with E-state index in [2.05, 4.69) is 20.7 Å². The van der Waals surface area contributed by atoms with Gasteiger partial charge in [-0.3, -0.25) is 19.1 Å². The molecule has 1 spiro atoms. The molecule has 0 radical (unpaired) electrons. The first-order valence-corrected chi connectivity index (χ1v) is 16.4. The molecule has 47 heavy (non-hydrogen) atoms. The SMILES string of the molecule is Cn1c(-c2cn(C3CC4(CC4)C3)nc2C(F)(F)F)cnc1C(=O)Nc1ccc(C(=O)N2CCN(C(=O)C3CCNCC3)CC2)c(Cl)c1. The molecule has 250 valence electrons. The van der Waals surface area contributed by atoms with E-state index in [9.17, 15) is 27.6 Å². The number of nitrogens with zero attached hydrogens (tertiary/aromatic N) is 6. The van der Waals surface area contributed by atoms with E-state index in [-0.39, 0.29) is 51.4 Å². The van der Waals surface area contributed by atoms with Gasteiger partial charge in [0.1, 0.15) is 0 Å². The molecule has 2 aliphatic carbocycles. The number of halogens is 4. The third kappa shape index (κ3) is 6.13. The summed E-state index contributed by atoms with van der Waals surface area (Å²) in [6.45, 7) is 3.37. The normalized spacial score (nSPS) is 19.9. The molecule has 2 aromatic heterocycles. The Morgan fingerprint density at radius 1 is 1.04 bits per heavy atom. The van der Waals surface area contributed by atoms with Gasteiger partial charge in [-0.15, -0.1) is 0 Å². The van der Waals surface area contributed by atoms with E-state index in [1.165, 1.54) is 46.9 Å². The van der Waals surface area contributed by atoms with Gasteiger partial charge in [0.25, 0.3) is 11.8 Å². The lowest BCUT2D eigenvalue weighted by Crippen LogP contribution is -2.52. The van der Waals surface area contributed by atoms with Gasteiger partial charge < -0.3 is 25.0 Å². The average Bonchev–Trinajstić information content (AvgIpc) is 3.57. The third-order valence-electron chi connectivity index (χ3n) is 10.2. The van der Waals surface area contributed by atoms with E-state index in [0.29, 0.717) is 37.3 Å². The van der Waals surface area contributed by atoms with Gasteiger partial charge in [-0.1, -0.05) is 11.6 Å². The maximum atomic E-state index is 14.0. The van der Waals surface area contributed by atoms with Crippen LogP contribution in [0.25, 0.3) is 11.3 Å². The first kappa shape index (κ1) is 31.7. The summed E-state index contributed by atoms with van der Waals surface area (Å²) in [7, 11) is 1.48. The molecule has 0 unspecified atom stereocenters. The molecule has 1 aromatic carbocycles. The molecule has 4 aliphatic rings. The molecule has 2 N–H and O–H groups in total. The van der Waals surface area contributed by atoms with Gasteiger partial charge in [-0.05, 0) is 75.2 Å². The Labute approximate surface area is 274 Å². The average molecular weight is 673 g/mol. The van der Waals surface area contributed by atoms with Gasteiger partial charge in [0.2, 0.25) is 5.91 Å². The standard InChI is InChI=1S/C32H36ClF3N8O3/c1-41-25(23-18-44(40-26(23)32(34,35)36)21-15-31(16-21)6-7-31)17-38-27(41)28(45)39-20-2-3-22(24(33)14-20)30(47)43-12-10-42(11-13-43)29(46)19-4-8-37-9-5-19/h2-3,14,17-19,21,37H,4-13,15-16H2,1H3,(H,39,45). The van der Waals surface area contributed by atoms with E-state index in [1.54, 1.807) is 4.90 Å². The van der Waals surface area contributed by atoms with Crippen molar-refractivity contribution >= 4 is 35.0 Å². The van der Waals surface area contributed by atoms with Crippen molar-refractivity contribution in [3.8, 4) is 11.3 Å². The van der Waals surface area contributed by atoms with Crippen LogP contribution in [0.1, 0.15) is 71.2 Å². The number of hydrogen-bond acceptors (Lipinski definition) is 6. The highest BCUT2D eigenvalue weighted by atomic mass is 35.5. The Hall–Kier alpha value is -3.91. The number of aromatic nitrogens is 4. The molecule has 0 atom stereocenters. The summed E-state index contributed by atoms with van der Waals surface area (Å²) < 4.78 is 44.7. The minimum atomic E-state index is -4.68. The predicted molar refractivity (Wildman–Crippen MR) is 167 cm³/mol. The van der Waals surface area contributed by atoms with Gasteiger partial charge >= 0.3 is 6.18 Å². The largest absolute Gasteiger partial charge is 0.435 e. The second-order valence-corrected chi connectivity index (χ2v) is 13.7. The second-order valence-electron chi connectivity index (χ2n) is 13.2. The van der Waals surface area contributed by atoms with Crippen molar-refractivity contribution in [2.45, 2.75) is 50.7 Å². The minimum Gasteiger partial charge on any atom is -0.339 e. The molecule has 2 aliphatic heterocycles. The van der Waals surface area contributed by atoms with Gasteiger partial charge in [-0.2, -0.15) is 18.3 Å². The first-order valence-electron chi connectivity index (χ1n) is 16.0. The first-order chi connectivity index (χ1) is 22.4. The van der Waals surface area contributed by atoms with E-state index in [4.69, 9.17) is 11.6 Å². The number of hydrogen-bond donors (Lipinski definition) is 2. The molecule has 4 fully saturated rings. The van der Waals surface area contributed by atoms with Gasteiger partial charge in [0.05, 0.1) is 34.1 Å². The molecule has 4 heterocycles. The lowest BCUT2D eigenvalue weighted by Gasteiger charge is -2.37. The molecule has 2 saturated carbocycles. The molecular formula is C32H36ClF3N8O3. The van der Waals surface area contributed by atoms with Crippen LogP contribution in [0.3, 0.4) is 0 Å². The zero-order valence-corrected chi connectivity index (χ0v) is 26.7. The molecular weight excluding hydrogens is 637 g/mol. The van der Waals surface area contributed by atoms with Gasteiger partial charge in [-0.25, -0.2) is 4.98 Å². The number of benzene rings is 1. The maximum absolute atomic E-state index is 14.0. The summed E-state index contributed by atoms with van der Waals surface area (Å²) in [6, 6.07) is 4.44. The third-order valence-corrected chi connectivity index (χ3v) is 10.5. The van der Waals surface area contributed by atoms with Crippen molar-refractivity contribution in [3.05, 3.63) is 52.7 Å². The Morgan fingerprint density at radius 2 is 1.72 bits per heavy atom. The van der Waals surface area contributed by atoms with E-state index in [1.807, 2.05) is 4.90 Å². The summed E-state index contributed by atoms with van der Waals surface area (Å²) in [5, 5.41) is 10.00. The summed E-state index contributed by atoms with van der Waals surface area (Å²) >= 11 is 6.49. The van der Waals surface area contributed by atoms with Crippen LogP contribution in [-0.2, 0) is 18.0 Å². The Morgan fingerprint density at radius 3 is 2.36 bits per heavy atom. The molecule has 7 rings (SSSR count). The zero-order chi connectivity index (χ0) is 33.1. The van der Waals surface area contributed by atoms with E-state index >= 15 is 0 Å².